The van der Waals surface area contributed by atoms with Crippen molar-refractivity contribution in [3.63, 3.8) is 0 Å². The number of carbonyl (C=O) groups excluding carboxylic acids is 1. The fourth-order valence-corrected chi connectivity index (χ4v) is 3.93. The van der Waals surface area contributed by atoms with E-state index in [0.717, 1.165) is 31.2 Å². The smallest absolute Gasteiger partial charge is 0.291 e. The van der Waals surface area contributed by atoms with Crippen molar-refractivity contribution in [1.29, 1.82) is 5.26 Å². The van der Waals surface area contributed by atoms with E-state index in [1.807, 2.05) is 0 Å². The standard InChI is InChI=1S/C16H16N2O2S/c17-10-12-11-6-3-1-2-4-8-14(11)21-16(12)18-15(19)13-7-5-9-20-13/h5,7,9H,1-4,6,8H2,(H,18,19). The molecule has 1 aliphatic rings. The van der Waals surface area contributed by atoms with E-state index >= 15 is 0 Å². The van der Waals surface area contributed by atoms with Crippen molar-refractivity contribution in [2.24, 2.45) is 0 Å². The summed E-state index contributed by atoms with van der Waals surface area (Å²) in [7, 11) is 0. The van der Waals surface area contributed by atoms with Crippen LogP contribution in [0, 0.1) is 11.3 Å². The quantitative estimate of drug-likeness (QED) is 0.907. The van der Waals surface area contributed by atoms with Gasteiger partial charge >= 0.3 is 0 Å². The molecule has 0 saturated heterocycles. The van der Waals surface area contributed by atoms with Gasteiger partial charge in [0.05, 0.1) is 11.8 Å². The number of amides is 1. The van der Waals surface area contributed by atoms with Crippen LogP contribution in [0.4, 0.5) is 5.00 Å². The molecule has 108 valence electrons. The van der Waals surface area contributed by atoms with Gasteiger partial charge in [-0.1, -0.05) is 12.8 Å². The molecule has 1 amide bonds. The predicted molar refractivity (Wildman–Crippen MR) is 81.6 cm³/mol. The average Bonchev–Trinajstić information content (AvgIpc) is 3.07. The maximum atomic E-state index is 12.1. The number of nitrogens with zero attached hydrogens (tertiary/aromatic N) is 1. The van der Waals surface area contributed by atoms with E-state index in [1.54, 1.807) is 12.1 Å². The number of anilines is 1. The van der Waals surface area contributed by atoms with Crippen molar-refractivity contribution in [2.45, 2.75) is 38.5 Å². The first-order chi connectivity index (χ1) is 10.3. The second kappa shape index (κ2) is 6.15. The minimum atomic E-state index is -0.300. The first-order valence-electron chi connectivity index (χ1n) is 7.19. The lowest BCUT2D eigenvalue weighted by Gasteiger charge is -2.08. The number of carbonyl (C=O) groups is 1. The Morgan fingerprint density at radius 3 is 2.81 bits per heavy atom. The van der Waals surface area contributed by atoms with Crippen molar-refractivity contribution in [3.8, 4) is 6.07 Å². The molecule has 0 bridgehead atoms. The zero-order valence-electron chi connectivity index (χ0n) is 11.6. The third kappa shape index (κ3) is 2.86. The van der Waals surface area contributed by atoms with E-state index < -0.39 is 0 Å². The number of hydrogen-bond donors (Lipinski definition) is 1. The van der Waals surface area contributed by atoms with Crippen molar-refractivity contribution in [1.82, 2.24) is 0 Å². The molecule has 2 heterocycles. The van der Waals surface area contributed by atoms with Crippen LogP contribution in [-0.2, 0) is 12.8 Å². The predicted octanol–water partition coefficient (Wildman–Crippen LogP) is 4.12. The summed E-state index contributed by atoms with van der Waals surface area (Å²) >= 11 is 1.54. The fourth-order valence-electron chi connectivity index (χ4n) is 2.70. The van der Waals surface area contributed by atoms with Gasteiger partial charge in [0.2, 0.25) is 0 Å². The van der Waals surface area contributed by atoms with Gasteiger partial charge in [-0.2, -0.15) is 5.26 Å². The summed E-state index contributed by atoms with van der Waals surface area (Å²) in [6.07, 6.45) is 8.14. The van der Waals surface area contributed by atoms with E-state index in [4.69, 9.17) is 4.42 Å². The number of fused-ring (bicyclic) bond motifs is 1. The Balaban J connectivity index is 1.90. The number of thiophene rings is 1. The van der Waals surface area contributed by atoms with Gasteiger partial charge in [0.1, 0.15) is 11.1 Å². The lowest BCUT2D eigenvalue weighted by Crippen LogP contribution is -2.10. The summed E-state index contributed by atoms with van der Waals surface area (Å²) < 4.78 is 5.09. The van der Waals surface area contributed by atoms with Crippen LogP contribution in [0.3, 0.4) is 0 Å². The molecule has 5 heteroatoms. The summed E-state index contributed by atoms with van der Waals surface area (Å²) in [6.45, 7) is 0. The van der Waals surface area contributed by atoms with Gasteiger partial charge in [-0.05, 0) is 43.4 Å². The number of rotatable bonds is 2. The summed E-state index contributed by atoms with van der Waals surface area (Å²) in [5.74, 6) is -0.0366. The van der Waals surface area contributed by atoms with Crippen LogP contribution in [0.5, 0.6) is 0 Å². The van der Waals surface area contributed by atoms with Crippen LogP contribution >= 0.6 is 11.3 Å². The Kier molecular flexibility index (Phi) is 4.07. The Morgan fingerprint density at radius 2 is 2.10 bits per heavy atom. The fraction of sp³-hybridized carbons (Fsp3) is 0.375. The molecule has 1 N–H and O–H groups in total. The van der Waals surface area contributed by atoms with E-state index in [9.17, 15) is 10.1 Å². The molecule has 0 atom stereocenters. The first kappa shape index (κ1) is 13.9. The molecule has 1 aliphatic carbocycles. The zero-order chi connectivity index (χ0) is 14.7. The van der Waals surface area contributed by atoms with Crippen molar-refractivity contribution in [2.75, 3.05) is 5.32 Å². The number of furan rings is 1. The SMILES string of the molecule is N#Cc1c(NC(=O)c2ccco2)sc2c1CCCCCC2. The molecule has 0 spiro atoms. The Hall–Kier alpha value is -2.06. The minimum Gasteiger partial charge on any atom is -0.459 e. The molecular weight excluding hydrogens is 284 g/mol. The van der Waals surface area contributed by atoms with Crippen LogP contribution in [0.1, 0.15) is 52.2 Å². The lowest BCUT2D eigenvalue weighted by molar-refractivity contribution is 0.0997. The van der Waals surface area contributed by atoms with E-state index in [1.165, 1.54) is 35.3 Å². The molecular formula is C16H16N2O2S. The van der Waals surface area contributed by atoms with Gasteiger partial charge in [0.25, 0.3) is 5.91 Å². The minimum absolute atomic E-state index is 0.264. The molecule has 2 aromatic heterocycles. The van der Waals surface area contributed by atoms with Crippen LogP contribution in [0.25, 0.3) is 0 Å². The number of nitriles is 1. The summed E-state index contributed by atoms with van der Waals surface area (Å²) in [6, 6.07) is 5.56. The van der Waals surface area contributed by atoms with Crippen LogP contribution < -0.4 is 5.32 Å². The van der Waals surface area contributed by atoms with E-state index in [0.29, 0.717) is 10.6 Å². The van der Waals surface area contributed by atoms with Crippen LogP contribution in [0.2, 0.25) is 0 Å². The zero-order valence-corrected chi connectivity index (χ0v) is 12.5. The van der Waals surface area contributed by atoms with Gasteiger partial charge in [0.15, 0.2) is 5.76 Å². The monoisotopic (exact) mass is 300 g/mol. The Bertz CT molecular complexity index is 680. The normalized spacial score (nSPS) is 14.6. The molecule has 0 unspecified atom stereocenters. The van der Waals surface area contributed by atoms with Gasteiger partial charge in [0, 0.05) is 4.88 Å². The first-order valence-corrected chi connectivity index (χ1v) is 8.00. The molecule has 0 radical (unpaired) electrons. The Labute approximate surface area is 127 Å². The van der Waals surface area contributed by atoms with Crippen LogP contribution in [0.15, 0.2) is 22.8 Å². The lowest BCUT2D eigenvalue weighted by atomic mass is 9.97. The average molecular weight is 300 g/mol. The molecule has 2 aromatic rings. The van der Waals surface area contributed by atoms with Gasteiger partial charge in [-0.25, -0.2) is 0 Å². The second-order valence-electron chi connectivity index (χ2n) is 5.17. The molecule has 3 rings (SSSR count). The highest BCUT2D eigenvalue weighted by Crippen LogP contribution is 2.36. The molecule has 0 aliphatic heterocycles. The number of hydrogen-bond acceptors (Lipinski definition) is 4. The molecule has 0 saturated carbocycles. The van der Waals surface area contributed by atoms with E-state index in [2.05, 4.69) is 11.4 Å². The number of aryl methyl sites for hydroxylation is 1. The highest BCUT2D eigenvalue weighted by Gasteiger charge is 2.21. The third-order valence-electron chi connectivity index (χ3n) is 3.76. The van der Waals surface area contributed by atoms with Crippen LogP contribution in [-0.4, -0.2) is 5.91 Å². The topological polar surface area (TPSA) is 66.0 Å². The third-order valence-corrected chi connectivity index (χ3v) is 4.96. The molecule has 0 fully saturated rings. The highest BCUT2D eigenvalue weighted by atomic mass is 32.1. The summed E-state index contributed by atoms with van der Waals surface area (Å²) in [5, 5.41) is 12.9. The number of nitrogens with one attached hydrogen (secondary N) is 1. The molecule has 4 nitrogen and oxygen atoms in total. The molecule has 0 aromatic carbocycles. The van der Waals surface area contributed by atoms with E-state index in [-0.39, 0.29) is 11.7 Å². The largest absolute Gasteiger partial charge is 0.459 e. The summed E-state index contributed by atoms with van der Waals surface area (Å²) in [5.41, 5.74) is 1.77. The van der Waals surface area contributed by atoms with Crippen molar-refractivity contribution in [3.05, 3.63) is 40.2 Å². The Morgan fingerprint density at radius 1 is 1.29 bits per heavy atom. The maximum Gasteiger partial charge on any atom is 0.291 e. The summed E-state index contributed by atoms with van der Waals surface area (Å²) in [4.78, 5) is 13.3. The highest BCUT2D eigenvalue weighted by molar-refractivity contribution is 7.16. The van der Waals surface area contributed by atoms with Crippen molar-refractivity contribution < 1.29 is 9.21 Å². The second-order valence-corrected chi connectivity index (χ2v) is 6.27. The van der Waals surface area contributed by atoms with Gasteiger partial charge in [-0.3, -0.25) is 4.79 Å². The van der Waals surface area contributed by atoms with Gasteiger partial charge in [-0.15, -0.1) is 11.3 Å². The van der Waals surface area contributed by atoms with Crippen molar-refractivity contribution >= 4 is 22.2 Å². The maximum absolute atomic E-state index is 12.1. The van der Waals surface area contributed by atoms with Gasteiger partial charge < -0.3 is 9.73 Å². The molecule has 21 heavy (non-hydrogen) atoms.